The molecule has 2 aromatic carbocycles. The number of nitrogens with zero attached hydrogens (tertiary/aromatic N) is 1. The Balaban J connectivity index is 2.24. The van der Waals surface area contributed by atoms with Gasteiger partial charge < -0.3 is 14.4 Å². The van der Waals surface area contributed by atoms with E-state index in [1.54, 1.807) is 13.8 Å². The van der Waals surface area contributed by atoms with Crippen LogP contribution in [0.4, 0.5) is 26.3 Å². The van der Waals surface area contributed by atoms with Gasteiger partial charge in [-0.25, -0.2) is 0 Å². The molecule has 0 fully saturated rings. The van der Waals surface area contributed by atoms with E-state index in [1.807, 2.05) is 0 Å². The van der Waals surface area contributed by atoms with Crippen LogP contribution in [0.25, 0.3) is 11.0 Å². The fourth-order valence-corrected chi connectivity index (χ4v) is 4.27. The molecule has 3 rings (SSSR count). The first kappa shape index (κ1) is 26.7. The van der Waals surface area contributed by atoms with E-state index in [2.05, 4.69) is 5.16 Å². The summed E-state index contributed by atoms with van der Waals surface area (Å²) in [6.45, 7) is 3.58. The standard InChI is InChI=1S/C23H21F6NO4S/c1-3-5-13-11-15-20(34-30-21(15)22(24,25)26)14(6-4-2)19(13)33-16-9-12(10-18(31)32)7-8-17(16)35-23(27,28)29/h7-9,11H,3-6,10H2,1-2H3,(H,31,32). The molecule has 0 spiro atoms. The summed E-state index contributed by atoms with van der Waals surface area (Å²) in [5.41, 5.74) is -5.19. The van der Waals surface area contributed by atoms with Gasteiger partial charge in [-0.1, -0.05) is 37.9 Å². The van der Waals surface area contributed by atoms with Crippen LogP contribution < -0.4 is 4.74 Å². The minimum Gasteiger partial charge on any atom is -0.481 e. The number of carboxylic acids is 1. The number of aryl methyl sites for hydroxylation is 2. The van der Waals surface area contributed by atoms with Gasteiger partial charge in [-0.05, 0) is 53.9 Å². The average Bonchev–Trinajstić information content (AvgIpc) is 3.15. The van der Waals surface area contributed by atoms with Gasteiger partial charge in [0.2, 0.25) is 0 Å². The van der Waals surface area contributed by atoms with Crippen molar-refractivity contribution in [2.75, 3.05) is 0 Å². The molecule has 3 aromatic rings. The molecule has 0 aliphatic carbocycles. The first-order valence-corrected chi connectivity index (χ1v) is 11.4. The van der Waals surface area contributed by atoms with Crippen molar-refractivity contribution in [1.82, 2.24) is 5.16 Å². The number of thioether (sulfide) groups is 1. The van der Waals surface area contributed by atoms with Gasteiger partial charge in [-0.15, -0.1) is 0 Å². The van der Waals surface area contributed by atoms with Crippen LogP contribution in [-0.2, 0) is 30.2 Å². The third kappa shape index (κ3) is 6.41. The van der Waals surface area contributed by atoms with Crippen molar-refractivity contribution < 1.29 is 45.5 Å². The monoisotopic (exact) mass is 521 g/mol. The lowest BCUT2D eigenvalue weighted by Crippen LogP contribution is -2.07. The summed E-state index contributed by atoms with van der Waals surface area (Å²) in [6.07, 6.45) is -3.72. The van der Waals surface area contributed by atoms with Crippen LogP contribution in [0, 0.1) is 0 Å². The maximum absolute atomic E-state index is 13.5. The predicted octanol–water partition coefficient (Wildman–Crippen LogP) is 7.78. The maximum Gasteiger partial charge on any atom is 0.446 e. The van der Waals surface area contributed by atoms with Crippen molar-refractivity contribution in [2.24, 2.45) is 0 Å². The molecule has 1 N–H and O–H groups in total. The second-order valence-corrected chi connectivity index (χ2v) is 8.86. The second kappa shape index (κ2) is 10.4. The summed E-state index contributed by atoms with van der Waals surface area (Å²) in [4.78, 5) is 10.8. The van der Waals surface area contributed by atoms with E-state index >= 15 is 0 Å². The highest BCUT2D eigenvalue weighted by atomic mass is 32.2. The molecule has 190 valence electrons. The van der Waals surface area contributed by atoms with Crippen molar-refractivity contribution >= 4 is 28.7 Å². The topological polar surface area (TPSA) is 72.6 Å². The maximum atomic E-state index is 13.5. The van der Waals surface area contributed by atoms with Crippen LogP contribution in [0.3, 0.4) is 0 Å². The Morgan fingerprint density at radius 2 is 1.77 bits per heavy atom. The van der Waals surface area contributed by atoms with E-state index in [9.17, 15) is 31.1 Å². The molecule has 0 aliphatic rings. The number of carboxylic acid groups (broad SMARTS) is 1. The van der Waals surface area contributed by atoms with Gasteiger partial charge in [0.1, 0.15) is 11.5 Å². The third-order valence-corrected chi connectivity index (χ3v) is 5.76. The molecular weight excluding hydrogens is 500 g/mol. The molecule has 35 heavy (non-hydrogen) atoms. The van der Waals surface area contributed by atoms with Crippen LogP contribution in [0.15, 0.2) is 33.7 Å². The number of hydrogen-bond acceptors (Lipinski definition) is 5. The zero-order valence-corrected chi connectivity index (χ0v) is 19.5. The first-order valence-electron chi connectivity index (χ1n) is 10.6. The van der Waals surface area contributed by atoms with Crippen LogP contribution in [0.2, 0.25) is 0 Å². The van der Waals surface area contributed by atoms with Crippen LogP contribution in [-0.4, -0.2) is 21.7 Å². The van der Waals surface area contributed by atoms with E-state index in [0.717, 1.165) is 6.07 Å². The van der Waals surface area contributed by atoms with E-state index in [0.29, 0.717) is 18.4 Å². The van der Waals surface area contributed by atoms with Crippen molar-refractivity contribution in [3.63, 3.8) is 0 Å². The van der Waals surface area contributed by atoms with Gasteiger partial charge in [-0.3, -0.25) is 4.79 Å². The van der Waals surface area contributed by atoms with Crippen LogP contribution >= 0.6 is 11.8 Å². The minimum atomic E-state index is -4.76. The third-order valence-electron chi connectivity index (χ3n) is 4.98. The summed E-state index contributed by atoms with van der Waals surface area (Å²) in [5, 5.41) is 12.0. The first-order chi connectivity index (χ1) is 16.3. The highest BCUT2D eigenvalue weighted by Gasteiger charge is 2.38. The number of carbonyl (C=O) groups is 1. The number of hydrogen-bond donors (Lipinski definition) is 1. The molecule has 0 unspecified atom stereocenters. The number of benzene rings is 2. The number of ether oxygens (including phenoxy) is 1. The lowest BCUT2D eigenvalue weighted by atomic mass is 9.97. The summed E-state index contributed by atoms with van der Waals surface area (Å²) in [5.74, 6) is -1.36. The Labute approximate surface area is 200 Å². The van der Waals surface area contributed by atoms with Gasteiger partial charge in [0.25, 0.3) is 0 Å². The summed E-state index contributed by atoms with van der Waals surface area (Å²) in [7, 11) is 0. The van der Waals surface area contributed by atoms with Gasteiger partial charge in [-0.2, -0.15) is 26.3 Å². The summed E-state index contributed by atoms with van der Waals surface area (Å²) >= 11 is -0.433. The molecule has 0 saturated heterocycles. The van der Waals surface area contributed by atoms with Gasteiger partial charge >= 0.3 is 17.7 Å². The Morgan fingerprint density at radius 3 is 2.34 bits per heavy atom. The lowest BCUT2D eigenvalue weighted by molar-refractivity contribution is -0.141. The summed E-state index contributed by atoms with van der Waals surface area (Å²) < 4.78 is 91.0. The van der Waals surface area contributed by atoms with E-state index in [-0.39, 0.29) is 51.3 Å². The molecule has 0 atom stereocenters. The number of alkyl halides is 6. The Bertz CT molecular complexity index is 1220. The minimum absolute atomic E-state index is 0.0857. The highest BCUT2D eigenvalue weighted by molar-refractivity contribution is 8.00. The number of aliphatic carboxylic acids is 1. The van der Waals surface area contributed by atoms with Crippen LogP contribution in [0.5, 0.6) is 11.5 Å². The van der Waals surface area contributed by atoms with Crippen molar-refractivity contribution in [2.45, 2.75) is 62.5 Å². The van der Waals surface area contributed by atoms with Crippen molar-refractivity contribution in [3.8, 4) is 11.5 Å². The van der Waals surface area contributed by atoms with E-state index < -0.39 is 41.5 Å². The van der Waals surface area contributed by atoms with Crippen LogP contribution in [0.1, 0.15) is 49.1 Å². The second-order valence-electron chi connectivity index (χ2n) is 7.75. The zero-order chi connectivity index (χ0) is 26.0. The number of aromatic nitrogens is 1. The molecule has 1 aromatic heterocycles. The van der Waals surface area contributed by atoms with E-state index in [4.69, 9.17) is 14.4 Å². The van der Waals surface area contributed by atoms with Gasteiger partial charge in [0.05, 0.1) is 16.7 Å². The van der Waals surface area contributed by atoms with Crippen molar-refractivity contribution in [1.29, 1.82) is 0 Å². The molecular formula is C23H21F6NO4S. The summed E-state index contributed by atoms with van der Waals surface area (Å²) in [6, 6.07) is 4.80. The van der Waals surface area contributed by atoms with Gasteiger partial charge in [0, 0.05) is 5.56 Å². The molecule has 12 heteroatoms. The smallest absolute Gasteiger partial charge is 0.446 e. The Morgan fingerprint density at radius 1 is 1.09 bits per heavy atom. The number of halogens is 6. The highest BCUT2D eigenvalue weighted by Crippen LogP contribution is 2.46. The largest absolute Gasteiger partial charge is 0.481 e. The molecule has 0 radical (unpaired) electrons. The molecule has 1 heterocycles. The SMILES string of the molecule is CCCc1cc2c(C(F)(F)F)noc2c(CCC)c1Oc1cc(CC(=O)O)ccc1SC(F)(F)F. The normalized spacial score (nSPS) is 12.3. The number of rotatable bonds is 9. The predicted molar refractivity (Wildman–Crippen MR) is 117 cm³/mol. The number of fused-ring (bicyclic) bond motifs is 1. The fourth-order valence-electron chi connectivity index (χ4n) is 3.68. The van der Waals surface area contributed by atoms with E-state index in [1.165, 1.54) is 18.2 Å². The molecule has 5 nitrogen and oxygen atoms in total. The Kier molecular flexibility index (Phi) is 7.93. The molecule has 0 bridgehead atoms. The molecule has 0 aliphatic heterocycles. The molecule has 0 amide bonds. The zero-order valence-electron chi connectivity index (χ0n) is 18.6. The lowest BCUT2D eigenvalue weighted by Gasteiger charge is -2.19. The molecule has 0 saturated carbocycles. The Hall–Kier alpha value is -2.89. The average molecular weight is 521 g/mol. The van der Waals surface area contributed by atoms with Gasteiger partial charge in [0.15, 0.2) is 11.3 Å². The quantitative estimate of drug-likeness (QED) is 0.229. The van der Waals surface area contributed by atoms with Crippen molar-refractivity contribution in [3.05, 3.63) is 46.6 Å². The fraction of sp³-hybridized carbons (Fsp3) is 0.391.